The number of esters is 1. The number of thiocarbonyl (C=S) groups is 1. The number of carbonyl (C=O) groups excluding carboxylic acids is 2. The summed E-state index contributed by atoms with van der Waals surface area (Å²) >= 11 is 6.64. The summed E-state index contributed by atoms with van der Waals surface area (Å²) in [4.78, 5) is 29.5. The molecule has 2 atom stereocenters. The second-order valence-electron chi connectivity index (χ2n) is 9.33. The van der Waals surface area contributed by atoms with Crippen molar-refractivity contribution < 1.29 is 19.1 Å². The lowest BCUT2D eigenvalue weighted by atomic mass is 9.96. The summed E-state index contributed by atoms with van der Waals surface area (Å²) < 4.78 is 10.9. The minimum Gasteiger partial charge on any atom is -0.497 e. The Bertz CT molecular complexity index is 1210. The SMILES string of the molecule is CCCCOC(=O)CN1C(=O)C(=Cc2ccc3c(c2)C2CCCC2N3c2ccc(OC)cc2)SC1=S. The van der Waals surface area contributed by atoms with Crippen LogP contribution in [0.15, 0.2) is 47.4 Å². The van der Waals surface area contributed by atoms with Gasteiger partial charge in [-0.25, -0.2) is 0 Å². The Morgan fingerprint density at radius 3 is 2.75 bits per heavy atom. The average Bonchev–Trinajstić information content (AvgIpc) is 3.54. The van der Waals surface area contributed by atoms with Crippen molar-refractivity contribution >= 4 is 57.6 Å². The van der Waals surface area contributed by atoms with Gasteiger partial charge < -0.3 is 14.4 Å². The molecule has 2 aromatic carbocycles. The molecule has 2 aliphatic heterocycles. The van der Waals surface area contributed by atoms with Crippen LogP contribution in [0.25, 0.3) is 6.08 Å². The van der Waals surface area contributed by atoms with Gasteiger partial charge in [0.1, 0.15) is 16.6 Å². The lowest BCUT2D eigenvalue weighted by Gasteiger charge is -2.27. The maximum absolute atomic E-state index is 13.0. The summed E-state index contributed by atoms with van der Waals surface area (Å²) in [5.41, 5.74) is 4.71. The van der Waals surface area contributed by atoms with Crippen LogP contribution in [0.2, 0.25) is 0 Å². The molecule has 2 fully saturated rings. The van der Waals surface area contributed by atoms with Crippen LogP contribution < -0.4 is 9.64 Å². The first-order chi connectivity index (χ1) is 17.5. The quantitative estimate of drug-likeness (QED) is 0.182. The van der Waals surface area contributed by atoms with Crippen molar-refractivity contribution in [3.8, 4) is 5.75 Å². The molecule has 1 aliphatic carbocycles. The van der Waals surface area contributed by atoms with E-state index in [0.717, 1.165) is 37.0 Å². The Balaban J connectivity index is 1.36. The van der Waals surface area contributed by atoms with Crippen LogP contribution in [0.1, 0.15) is 56.1 Å². The topological polar surface area (TPSA) is 59.1 Å². The summed E-state index contributed by atoms with van der Waals surface area (Å²) in [7, 11) is 1.68. The Labute approximate surface area is 221 Å². The van der Waals surface area contributed by atoms with Gasteiger partial charge in [0.25, 0.3) is 5.91 Å². The molecular formula is C28H30N2O4S2. The Morgan fingerprint density at radius 1 is 1.19 bits per heavy atom. The largest absolute Gasteiger partial charge is 0.497 e. The first-order valence-electron chi connectivity index (χ1n) is 12.5. The number of ether oxygens (including phenoxy) is 2. The molecule has 3 aliphatic rings. The molecule has 0 radical (unpaired) electrons. The van der Waals surface area contributed by atoms with E-state index in [9.17, 15) is 9.59 Å². The fraction of sp³-hybridized carbons (Fsp3) is 0.393. The lowest BCUT2D eigenvalue weighted by Crippen LogP contribution is -2.34. The molecule has 0 spiro atoms. The van der Waals surface area contributed by atoms with Gasteiger partial charge in [0, 0.05) is 23.3 Å². The molecule has 1 amide bonds. The van der Waals surface area contributed by atoms with Crippen molar-refractivity contribution in [2.45, 2.75) is 51.0 Å². The van der Waals surface area contributed by atoms with Crippen molar-refractivity contribution in [2.75, 3.05) is 25.2 Å². The summed E-state index contributed by atoms with van der Waals surface area (Å²) in [5, 5.41) is 0. The number of unbranched alkanes of at least 4 members (excludes halogenated alkanes) is 1. The number of hydrogen-bond acceptors (Lipinski definition) is 7. The number of rotatable bonds is 8. The van der Waals surface area contributed by atoms with Crippen LogP contribution in [-0.4, -0.2) is 47.4 Å². The van der Waals surface area contributed by atoms with Crippen molar-refractivity contribution in [3.05, 3.63) is 58.5 Å². The third kappa shape index (κ3) is 4.76. The monoisotopic (exact) mass is 522 g/mol. The maximum Gasteiger partial charge on any atom is 0.326 e. The second-order valence-corrected chi connectivity index (χ2v) is 11.0. The van der Waals surface area contributed by atoms with Gasteiger partial charge in [-0.1, -0.05) is 49.8 Å². The van der Waals surface area contributed by atoms with E-state index in [0.29, 0.717) is 27.8 Å². The van der Waals surface area contributed by atoms with Crippen LogP contribution in [-0.2, 0) is 14.3 Å². The molecule has 1 saturated heterocycles. The zero-order chi connectivity index (χ0) is 25.2. The Kier molecular flexibility index (Phi) is 7.34. The first kappa shape index (κ1) is 24.8. The predicted octanol–water partition coefficient (Wildman–Crippen LogP) is 6.03. The number of carbonyl (C=O) groups is 2. The Morgan fingerprint density at radius 2 is 2.00 bits per heavy atom. The number of methoxy groups -OCH3 is 1. The molecule has 2 aromatic rings. The van der Waals surface area contributed by atoms with Crippen molar-refractivity contribution in [2.24, 2.45) is 0 Å². The van der Waals surface area contributed by atoms with Gasteiger partial charge >= 0.3 is 5.97 Å². The maximum atomic E-state index is 13.0. The molecule has 0 N–H and O–H groups in total. The number of benzene rings is 2. The highest BCUT2D eigenvalue weighted by Crippen LogP contribution is 2.52. The molecule has 188 valence electrons. The summed E-state index contributed by atoms with van der Waals surface area (Å²) in [6.45, 7) is 2.25. The molecule has 8 heteroatoms. The zero-order valence-corrected chi connectivity index (χ0v) is 22.2. The van der Waals surface area contributed by atoms with Crippen molar-refractivity contribution in [1.82, 2.24) is 4.90 Å². The molecular weight excluding hydrogens is 492 g/mol. The number of fused-ring (bicyclic) bond motifs is 3. The number of hydrogen-bond donors (Lipinski definition) is 0. The van der Waals surface area contributed by atoms with E-state index in [-0.39, 0.29) is 12.5 Å². The van der Waals surface area contributed by atoms with Crippen molar-refractivity contribution in [3.63, 3.8) is 0 Å². The van der Waals surface area contributed by atoms with Crippen LogP contribution in [0.4, 0.5) is 11.4 Å². The number of nitrogens with zero attached hydrogens (tertiary/aromatic N) is 2. The van der Waals surface area contributed by atoms with E-state index in [1.807, 2.05) is 25.1 Å². The molecule has 1 saturated carbocycles. The van der Waals surface area contributed by atoms with Gasteiger partial charge in [-0.3, -0.25) is 14.5 Å². The van der Waals surface area contributed by atoms with Crippen LogP contribution in [0, 0.1) is 0 Å². The van der Waals surface area contributed by atoms with E-state index in [4.69, 9.17) is 21.7 Å². The van der Waals surface area contributed by atoms with Crippen LogP contribution >= 0.6 is 24.0 Å². The highest BCUT2D eigenvalue weighted by molar-refractivity contribution is 8.26. The third-order valence-corrected chi connectivity index (χ3v) is 8.47. The normalized spacial score (nSPS) is 21.8. The summed E-state index contributed by atoms with van der Waals surface area (Å²) in [6.07, 6.45) is 7.17. The fourth-order valence-corrected chi connectivity index (χ4v) is 6.59. The number of anilines is 2. The van der Waals surface area contributed by atoms with E-state index >= 15 is 0 Å². The number of amides is 1. The third-order valence-electron chi connectivity index (χ3n) is 7.09. The predicted molar refractivity (Wildman–Crippen MR) is 148 cm³/mol. The second kappa shape index (κ2) is 10.6. The van der Waals surface area contributed by atoms with Gasteiger partial charge in [0.05, 0.1) is 18.6 Å². The van der Waals surface area contributed by atoms with E-state index in [1.54, 1.807) is 7.11 Å². The molecule has 6 nitrogen and oxygen atoms in total. The van der Waals surface area contributed by atoms with E-state index in [2.05, 4.69) is 35.2 Å². The minimum absolute atomic E-state index is 0.142. The van der Waals surface area contributed by atoms with E-state index in [1.165, 1.54) is 40.0 Å². The average molecular weight is 523 g/mol. The molecule has 0 aromatic heterocycles. The van der Waals surface area contributed by atoms with Gasteiger partial charge in [0.15, 0.2) is 0 Å². The summed E-state index contributed by atoms with van der Waals surface area (Å²) in [5.74, 6) is 0.659. The minimum atomic E-state index is -0.426. The number of thioether (sulfide) groups is 1. The van der Waals surface area contributed by atoms with Crippen LogP contribution in [0.3, 0.4) is 0 Å². The highest BCUT2D eigenvalue weighted by atomic mass is 32.2. The molecule has 36 heavy (non-hydrogen) atoms. The van der Waals surface area contributed by atoms with E-state index < -0.39 is 5.97 Å². The molecule has 2 heterocycles. The Hall–Kier alpha value is -2.84. The first-order valence-corrected chi connectivity index (χ1v) is 13.7. The lowest BCUT2D eigenvalue weighted by molar-refractivity contribution is -0.146. The van der Waals surface area contributed by atoms with Gasteiger partial charge in [-0.2, -0.15) is 0 Å². The summed E-state index contributed by atoms with van der Waals surface area (Å²) in [6, 6.07) is 15.1. The van der Waals surface area contributed by atoms with Gasteiger partial charge in [-0.15, -0.1) is 0 Å². The molecule has 2 unspecified atom stereocenters. The van der Waals surface area contributed by atoms with Gasteiger partial charge in [-0.05, 0) is 72.9 Å². The van der Waals surface area contributed by atoms with Crippen LogP contribution in [0.5, 0.6) is 5.75 Å². The molecule has 5 rings (SSSR count). The fourth-order valence-electron chi connectivity index (χ4n) is 5.34. The van der Waals surface area contributed by atoms with Crippen molar-refractivity contribution in [1.29, 1.82) is 0 Å². The van der Waals surface area contributed by atoms with Gasteiger partial charge in [0.2, 0.25) is 0 Å². The standard InChI is InChI=1S/C28H30N2O4S2/c1-3-4-14-34-26(31)17-29-27(32)25(36-28(29)35)16-18-8-13-24-22(15-18)21-6-5-7-23(21)30(24)19-9-11-20(33-2)12-10-19/h8-13,15-16,21,23H,3-7,14,17H2,1-2H3. The zero-order valence-electron chi connectivity index (χ0n) is 20.6. The molecule has 0 bridgehead atoms. The highest BCUT2D eigenvalue weighted by Gasteiger charge is 2.42. The smallest absolute Gasteiger partial charge is 0.326 e.